The van der Waals surface area contributed by atoms with Gasteiger partial charge in [-0.15, -0.1) is 0 Å². The van der Waals surface area contributed by atoms with Crippen molar-refractivity contribution < 1.29 is 9.50 Å². The van der Waals surface area contributed by atoms with Crippen LogP contribution in [0.4, 0.5) is 4.39 Å². The van der Waals surface area contributed by atoms with Crippen molar-refractivity contribution in [2.24, 2.45) is 5.92 Å². The van der Waals surface area contributed by atoms with Gasteiger partial charge in [-0.1, -0.05) is 12.1 Å². The Morgan fingerprint density at radius 3 is 3.09 bits per heavy atom. The van der Waals surface area contributed by atoms with Crippen LogP contribution >= 0.6 is 0 Å². The number of nitrogens with zero attached hydrogens (tertiary/aromatic N) is 4. The zero-order valence-electron chi connectivity index (χ0n) is 12.5. The number of benzene rings is 1. The first kappa shape index (κ1) is 15.1. The van der Waals surface area contributed by atoms with Gasteiger partial charge in [0, 0.05) is 19.6 Å². The highest BCUT2D eigenvalue weighted by Crippen LogP contribution is 2.21. The monoisotopic (exact) mass is 304 g/mol. The van der Waals surface area contributed by atoms with E-state index in [9.17, 15) is 9.50 Å². The van der Waals surface area contributed by atoms with Gasteiger partial charge in [0.2, 0.25) is 0 Å². The molecule has 2 atom stereocenters. The van der Waals surface area contributed by atoms with Crippen molar-refractivity contribution in [3.05, 3.63) is 48.3 Å². The molecule has 1 aliphatic rings. The first-order valence-corrected chi connectivity index (χ1v) is 7.69. The summed E-state index contributed by atoms with van der Waals surface area (Å²) in [5.41, 5.74) is 0.637. The van der Waals surface area contributed by atoms with Crippen LogP contribution in [0.3, 0.4) is 0 Å². The molecule has 2 unspecified atom stereocenters. The summed E-state index contributed by atoms with van der Waals surface area (Å²) in [7, 11) is 0. The van der Waals surface area contributed by atoms with Gasteiger partial charge in [0.05, 0.1) is 6.10 Å². The molecule has 0 amide bonds. The molecular formula is C16H21FN4O. The van der Waals surface area contributed by atoms with Gasteiger partial charge in [-0.25, -0.2) is 9.37 Å². The predicted octanol–water partition coefficient (Wildman–Crippen LogP) is 1.86. The standard InChI is InChI=1S/C16H21FN4O/c17-15-5-1-4-14(7-15)16(22)10-20-6-2-3-13(8-20)9-21-12-18-11-19-21/h1,4-5,7,11-13,16,22H,2-3,6,8-10H2. The Morgan fingerprint density at radius 1 is 1.41 bits per heavy atom. The highest BCUT2D eigenvalue weighted by atomic mass is 19.1. The average Bonchev–Trinajstić information content (AvgIpc) is 3.00. The summed E-state index contributed by atoms with van der Waals surface area (Å²) in [6.45, 7) is 3.29. The average molecular weight is 304 g/mol. The molecule has 2 aromatic rings. The quantitative estimate of drug-likeness (QED) is 0.916. The number of aliphatic hydroxyl groups excluding tert-OH is 1. The summed E-state index contributed by atoms with van der Waals surface area (Å²) in [4.78, 5) is 6.22. The number of hydrogen-bond donors (Lipinski definition) is 1. The second-order valence-corrected chi connectivity index (χ2v) is 5.96. The largest absolute Gasteiger partial charge is 0.387 e. The number of piperidine rings is 1. The molecule has 6 heteroatoms. The van der Waals surface area contributed by atoms with E-state index in [1.165, 1.54) is 12.1 Å². The number of likely N-dealkylation sites (tertiary alicyclic amines) is 1. The van der Waals surface area contributed by atoms with Gasteiger partial charge in [-0.2, -0.15) is 5.10 Å². The van der Waals surface area contributed by atoms with Gasteiger partial charge < -0.3 is 10.0 Å². The maximum atomic E-state index is 13.2. The van der Waals surface area contributed by atoms with Crippen molar-refractivity contribution in [2.75, 3.05) is 19.6 Å². The Labute approximate surface area is 129 Å². The van der Waals surface area contributed by atoms with Gasteiger partial charge in [0.15, 0.2) is 0 Å². The van der Waals surface area contributed by atoms with Crippen LogP contribution in [0.25, 0.3) is 0 Å². The zero-order chi connectivity index (χ0) is 15.4. The number of aliphatic hydroxyl groups is 1. The van der Waals surface area contributed by atoms with Gasteiger partial charge in [-0.3, -0.25) is 4.68 Å². The van der Waals surface area contributed by atoms with E-state index in [2.05, 4.69) is 15.0 Å². The van der Waals surface area contributed by atoms with Crippen LogP contribution in [0.1, 0.15) is 24.5 Å². The summed E-state index contributed by atoms with van der Waals surface area (Å²) < 4.78 is 15.1. The lowest BCUT2D eigenvalue weighted by molar-refractivity contribution is 0.0798. The van der Waals surface area contributed by atoms with E-state index in [1.807, 2.05) is 4.68 Å². The molecule has 118 valence electrons. The Bertz CT molecular complexity index is 590. The molecule has 1 N–H and O–H groups in total. The summed E-state index contributed by atoms with van der Waals surface area (Å²) in [6, 6.07) is 6.20. The van der Waals surface area contributed by atoms with Crippen LogP contribution in [0.2, 0.25) is 0 Å². The molecule has 1 aromatic heterocycles. The lowest BCUT2D eigenvalue weighted by atomic mass is 9.97. The van der Waals surface area contributed by atoms with Crippen LogP contribution in [0, 0.1) is 11.7 Å². The first-order chi connectivity index (χ1) is 10.7. The van der Waals surface area contributed by atoms with E-state index in [0.29, 0.717) is 18.0 Å². The van der Waals surface area contributed by atoms with Crippen molar-refractivity contribution in [3.63, 3.8) is 0 Å². The second-order valence-electron chi connectivity index (χ2n) is 5.96. The van der Waals surface area contributed by atoms with Gasteiger partial charge >= 0.3 is 0 Å². The molecule has 2 heterocycles. The minimum Gasteiger partial charge on any atom is -0.387 e. The van der Waals surface area contributed by atoms with E-state index in [0.717, 1.165) is 32.5 Å². The van der Waals surface area contributed by atoms with E-state index < -0.39 is 6.10 Å². The van der Waals surface area contributed by atoms with E-state index in [4.69, 9.17) is 0 Å². The molecule has 3 rings (SSSR count). The fourth-order valence-corrected chi connectivity index (χ4v) is 3.12. The third-order valence-corrected chi connectivity index (χ3v) is 4.18. The van der Waals surface area contributed by atoms with Crippen molar-refractivity contribution >= 4 is 0 Å². The van der Waals surface area contributed by atoms with Gasteiger partial charge in [0.1, 0.15) is 18.5 Å². The van der Waals surface area contributed by atoms with Gasteiger partial charge in [0.25, 0.3) is 0 Å². The normalized spacial score (nSPS) is 20.9. The van der Waals surface area contributed by atoms with Crippen LogP contribution < -0.4 is 0 Å². The molecule has 0 radical (unpaired) electrons. The maximum absolute atomic E-state index is 13.2. The number of halogens is 1. The number of rotatable bonds is 5. The van der Waals surface area contributed by atoms with E-state index in [-0.39, 0.29) is 5.82 Å². The predicted molar refractivity (Wildman–Crippen MR) is 80.5 cm³/mol. The number of β-amino-alcohol motifs (C(OH)–C–C–N with tert-alkyl or cyclic N) is 1. The summed E-state index contributed by atoms with van der Waals surface area (Å²) in [6.07, 6.45) is 4.90. The Hall–Kier alpha value is -1.79. The topological polar surface area (TPSA) is 54.2 Å². The molecule has 22 heavy (non-hydrogen) atoms. The van der Waals surface area contributed by atoms with Crippen LogP contribution in [0.5, 0.6) is 0 Å². The lowest BCUT2D eigenvalue weighted by Crippen LogP contribution is -2.39. The minimum absolute atomic E-state index is 0.306. The van der Waals surface area contributed by atoms with Crippen molar-refractivity contribution in [3.8, 4) is 0 Å². The van der Waals surface area contributed by atoms with E-state index in [1.54, 1.807) is 24.8 Å². The Balaban J connectivity index is 1.55. The maximum Gasteiger partial charge on any atom is 0.137 e. The summed E-state index contributed by atoms with van der Waals surface area (Å²) in [5.74, 6) is 0.203. The van der Waals surface area contributed by atoms with Crippen LogP contribution in [-0.4, -0.2) is 44.4 Å². The van der Waals surface area contributed by atoms with Gasteiger partial charge in [-0.05, 0) is 43.0 Å². The SMILES string of the molecule is OC(CN1CCCC(Cn2cncn2)C1)c1cccc(F)c1. The molecule has 1 saturated heterocycles. The first-order valence-electron chi connectivity index (χ1n) is 7.69. The fraction of sp³-hybridized carbons (Fsp3) is 0.500. The molecule has 1 aromatic carbocycles. The molecule has 0 spiro atoms. The molecule has 1 aliphatic heterocycles. The molecule has 1 fully saturated rings. The van der Waals surface area contributed by atoms with Crippen molar-refractivity contribution in [2.45, 2.75) is 25.5 Å². The molecule has 0 bridgehead atoms. The Morgan fingerprint density at radius 2 is 2.32 bits per heavy atom. The smallest absolute Gasteiger partial charge is 0.137 e. The van der Waals surface area contributed by atoms with E-state index >= 15 is 0 Å². The Kier molecular flexibility index (Phi) is 4.80. The summed E-state index contributed by atoms with van der Waals surface area (Å²) in [5, 5.41) is 14.5. The van der Waals surface area contributed by atoms with Crippen molar-refractivity contribution in [1.82, 2.24) is 19.7 Å². The molecule has 0 saturated carbocycles. The van der Waals surface area contributed by atoms with Crippen molar-refractivity contribution in [1.29, 1.82) is 0 Å². The zero-order valence-corrected chi connectivity index (χ0v) is 12.5. The fourth-order valence-electron chi connectivity index (χ4n) is 3.12. The number of hydrogen-bond acceptors (Lipinski definition) is 4. The second kappa shape index (κ2) is 6.98. The molecular weight excluding hydrogens is 283 g/mol. The molecule has 0 aliphatic carbocycles. The number of aromatic nitrogens is 3. The minimum atomic E-state index is -0.652. The highest BCUT2D eigenvalue weighted by molar-refractivity contribution is 5.19. The lowest BCUT2D eigenvalue weighted by Gasteiger charge is -2.33. The van der Waals surface area contributed by atoms with Crippen LogP contribution in [0.15, 0.2) is 36.9 Å². The third-order valence-electron chi connectivity index (χ3n) is 4.18. The summed E-state index contributed by atoms with van der Waals surface area (Å²) >= 11 is 0. The van der Waals surface area contributed by atoms with Crippen LogP contribution in [-0.2, 0) is 6.54 Å². The third kappa shape index (κ3) is 3.90. The molecule has 5 nitrogen and oxygen atoms in total. The highest BCUT2D eigenvalue weighted by Gasteiger charge is 2.23.